The normalized spacial score (nSPS) is 25.2. The molecule has 0 saturated heterocycles. The Bertz CT molecular complexity index is 223. The first-order valence-electron chi connectivity index (χ1n) is 5.07. The van der Waals surface area contributed by atoms with Crippen molar-refractivity contribution in [2.24, 2.45) is 0 Å². The fourth-order valence-corrected chi connectivity index (χ4v) is 1.38. The maximum absolute atomic E-state index is 14.2. The molecule has 3 unspecified atom stereocenters. The highest BCUT2D eigenvalue weighted by molar-refractivity contribution is 5.12. The van der Waals surface area contributed by atoms with E-state index in [-0.39, 0.29) is 6.42 Å². The van der Waals surface area contributed by atoms with Gasteiger partial charge in [-0.05, 0) is 41.0 Å². The van der Waals surface area contributed by atoms with Crippen molar-refractivity contribution in [2.45, 2.75) is 70.6 Å². The molecule has 0 rings (SSSR count). The lowest BCUT2D eigenvalue weighted by Crippen LogP contribution is -2.63. The molecule has 0 bridgehead atoms. The van der Waals surface area contributed by atoms with E-state index in [4.69, 9.17) is 0 Å². The molecule has 0 fully saturated rings. The number of alkyl halides is 4. The molecule has 0 heterocycles. The Morgan fingerprint density at radius 1 is 0.733 bits per heavy atom. The van der Waals surface area contributed by atoms with Crippen molar-refractivity contribution in [3.05, 3.63) is 0 Å². The van der Waals surface area contributed by atoms with Crippen LogP contribution in [0.15, 0.2) is 0 Å². The van der Waals surface area contributed by atoms with Crippen molar-refractivity contribution in [2.75, 3.05) is 0 Å². The van der Waals surface area contributed by atoms with E-state index in [0.717, 1.165) is 34.6 Å². The van der Waals surface area contributed by atoms with E-state index < -0.39 is 22.7 Å². The Kier molecular flexibility index (Phi) is 3.56. The van der Waals surface area contributed by atoms with Crippen molar-refractivity contribution in [1.29, 1.82) is 0 Å². The molecule has 0 spiro atoms. The van der Waals surface area contributed by atoms with Crippen LogP contribution in [0.2, 0.25) is 0 Å². The summed E-state index contributed by atoms with van der Waals surface area (Å²) in [4.78, 5) is 0. The maximum atomic E-state index is 14.2. The van der Waals surface area contributed by atoms with Gasteiger partial charge in [-0.15, -0.1) is 0 Å². The van der Waals surface area contributed by atoms with Crippen LogP contribution < -0.4 is 0 Å². The van der Waals surface area contributed by atoms with Crippen LogP contribution in [0.3, 0.4) is 0 Å². The molecule has 4 heteroatoms. The Balaban J connectivity index is 5.38. The Morgan fingerprint density at radius 2 is 1.07 bits per heavy atom. The van der Waals surface area contributed by atoms with Crippen molar-refractivity contribution in [3.8, 4) is 0 Å². The number of rotatable bonds is 4. The fourth-order valence-electron chi connectivity index (χ4n) is 1.38. The summed E-state index contributed by atoms with van der Waals surface area (Å²) in [7, 11) is 0. The third-order valence-electron chi connectivity index (χ3n) is 3.64. The summed E-state index contributed by atoms with van der Waals surface area (Å²) in [5.74, 6) is 0. The second-order valence-electron chi connectivity index (χ2n) is 5.03. The summed E-state index contributed by atoms with van der Waals surface area (Å²) in [6.07, 6.45) is -0.213. The molecule has 0 aliphatic carbocycles. The van der Waals surface area contributed by atoms with E-state index in [9.17, 15) is 17.6 Å². The molecule has 0 nitrogen and oxygen atoms in total. The number of hydrogen-bond acceptors (Lipinski definition) is 0. The van der Waals surface area contributed by atoms with Gasteiger partial charge in [0.2, 0.25) is 0 Å². The second kappa shape index (κ2) is 3.63. The predicted octanol–water partition coefficient (Wildman–Crippen LogP) is 4.33. The minimum absolute atomic E-state index is 0.213. The van der Waals surface area contributed by atoms with Gasteiger partial charge in [0.05, 0.1) is 0 Å². The van der Waals surface area contributed by atoms with E-state index in [1.54, 1.807) is 0 Å². The molecular weight excluding hydrogens is 208 g/mol. The molecule has 0 aliphatic heterocycles. The van der Waals surface area contributed by atoms with Crippen LogP contribution in [0.1, 0.15) is 48.0 Å². The van der Waals surface area contributed by atoms with Crippen molar-refractivity contribution >= 4 is 0 Å². The van der Waals surface area contributed by atoms with Crippen LogP contribution in [-0.4, -0.2) is 22.7 Å². The summed E-state index contributed by atoms with van der Waals surface area (Å²) in [6.45, 7) is 5.72. The van der Waals surface area contributed by atoms with Crippen LogP contribution in [0.25, 0.3) is 0 Å². The quantitative estimate of drug-likeness (QED) is 0.628. The zero-order valence-corrected chi connectivity index (χ0v) is 10.2. The molecule has 0 radical (unpaired) electrons. The smallest absolute Gasteiger partial charge is 0.178 e. The first-order chi connectivity index (χ1) is 6.31. The van der Waals surface area contributed by atoms with Crippen LogP contribution in [0.4, 0.5) is 17.6 Å². The highest BCUT2D eigenvalue weighted by atomic mass is 19.2. The van der Waals surface area contributed by atoms with E-state index in [1.807, 2.05) is 0 Å². The maximum Gasteiger partial charge on any atom is 0.178 e. The lowest BCUT2D eigenvalue weighted by atomic mass is 9.70. The lowest BCUT2D eigenvalue weighted by Gasteiger charge is -2.46. The lowest BCUT2D eigenvalue weighted by molar-refractivity contribution is -0.170. The Morgan fingerprint density at radius 3 is 1.27 bits per heavy atom. The summed E-state index contributed by atoms with van der Waals surface area (Å²) < 4.78 is 55.6. The van der Waals surface area contributed by atoms with Crippen molar-refractivity contribution in [1.82, 2.24) is 0 Å². The molecule has 0 amide bonds. The molecule has 0 aromatic heterocycles. The average molecular weight is 228 g/mol. The minimum Gasteiger partial charge on any atom is -0.241 e. The summed E-state index contributed by atoms with van der Waals surface area (Å²) >= 11 is 0. The molecule has 0 aromatic rings. The first-order valence-corrected chi connectivity index (χ1v) is 5.07. The molecule has 0 aliphatic rings. The van der Waals surface area contributed by atoms with Gasteiger partial charge < -0.3 is 0 Å². The topological polar surface area (TPSA) is 0 Å². The first kappa shape index (κ1) is 14.7. The predicted molar refractivity (Wildman–Crippen MR) is 54.0 cm³/mol. The van der Waals surface area contributed by atoms with Gasteiger partial charge in [-0.2, -0.15) is 0 Å². The zero-order valence-electron chi connectivity index (χ0n) is 10.2. The summed E-state index contributed by atoms with van der Waals surface area (Å²) in [5.41, 5.74) is -10.6. The second-order valence-corrected chi connectivity index (χ2v) is 5.03. The third-order valence-corrected chi connectivity index (χ3v) is 3.64. The van der Waals surface area contributed by atoms with Gasteiger partial charge in [0, 0.05) is 0 Å². The monoisotopic (exact) mass is 228 g/mol. The summed E-state index contributed by atoms with van der Waals surface area (Å²) in [6, 6.07) is 0. The van der Waals surface area contributed by atoms with Gasteiger partial charge in [0.1, 0.15) is 11.3 Å². The molecule has 0 aromatic carbocycles. The van der Waals surface area contributed by atoms with E-state index >= 15 is 0 Å². The third kappa shape index (κ3) is 2.13. The van der Waals surface area contributed by atoms with Crippen LogP contribution in [-0.2, 0) is 0 Å². The Labute approximate surface area is 89.1 Å². The van der Waals surface area contributed by atoms with Gasteiger partial charge >= 0.3 is 0 Å². The number of hydrogen-bond donors (Lipinski definition) is 0. The van der Waals surface area contributed by atoms with Crippen LogP contribution >= 0.6 is 0 Å². The molecular formula is C11H20F4. The van der Waals surface area contributed by atoms with Crippen LogP contribution in [0, 0.1) is 0 Å². The highest BCUT2D eigenvalue weighted by Gasteiger charge is 2.64. The fraction of sp³-hybridized carbons (Fsp3) is 1.00. The van der Waals surface area contributed by atoms with Crippen molar-refractivity contribution < 1.29 is 17.6 Å². The number of halogens is 4. The van der Waals surface area contributed by atoms with Crippen LogP contribution in [0.5, 0.6) is 0 Å². The van der Waals surface area contributed by atoms with E-state index in [0.29, 0.717) is 0 Å². The van der Waals surface area contributed by atoms with Gasteiger partial charge in [0.25, 0.3) is 0 Å². The molecule has 92 valence electrons. The highest BCUT2D eigenvalue weighted by Crippen LogP contribution is 2.49. The SMILES string of the molecule is CCC(C)(F)C(C)(F)C(C)(F)C(C)(C)F. The Hall–Kier alpha value is -0.280. The molecule has 15 heavy (non-hydrogen) atoms. The average Bonchev–Trinajstić information content (AvgIpc) is 2.01. The molecule has 0 saturated carbocycles. The van der Waals surface area contributed by atoms with Crippen molar-refractivity contribution in [3.63, 3.8) is 0 Å². The van der Waals surface area contributed by atoms with E-state index in [1.165, 1.54) is 6.92 Å². The van der Waals surface area contributed by atoms with Gasteiger partial charge in [-0.1, -0.05) is 6.92 Å². The largest absolute Gasteiger partial charge is 0.241 e. The van der Waals surface area contributed by atoms with Gasteiger partial charge in [-0.3, -0.25) is 0 Å². The molecule has 0 N–H and O–H groups in total. The minimum atomic E-state index is -2.89. The molecule has 3 atom stereocenters. The summed E-state index contributed by atoms with van der Waals surface area (Å²) in [5, 5.41) is 0. The van der Waals surface area contributed by atoms with E-state index in [2.05, 4.69) is 0 Å². The standard InChI is InChI=1S/C11H20F4/c1-7-9(4,13)11(6,15)10(5,14)8(2,3)12/h7H2,1-6H3. The zero-order chi connectivity index (χ0) is 12.7. The van der Waals surface area contributed by atoms with Gasteiger partial charge in [0.15, 0.2) is 11.3 Å². The van der Waals surface area contributed by atoms with Gasteiger partial charge in [-0.25, -0.2) is 17.6 Å².